The van der Waals surface area contributed by atoms with Crippen molar-refractivity contribution in [2.24, 2.45) is 0 Å². The van der Waals surface area contributed by atoms with Crippen LogP contribution in [0.15, 0.2) is 54.7 Å². The number of aromatic nitrogens is 1. The van der Waals surface area contributed by atoms with Crippen LogP contribution >= 0.6 is 0 Å². The van der Waals surface area contributed by atoms with Crippen molar-refractivity contribution in [3.8, 4) is 0 Å². The summed E-state index contributed by atoms with van der Waals surface area (Å²) in [6.07, 6.45) is 2.03. The van der Waals surface area contributed by atoms with E-state index in [-0.39, 0.29) is 11.8 Å². The van der Waals surface area contributed by atoms with Gasteiger partial charge in [-0.05, 0) is 17.7 Å². The Morgan fingerprint density at radius 2 is 1.52 bits per heavy atom. The van der Waals surface area contributed by atoms with E-state index < -0.39 is 0 Å². The molecule has 2 aromatic rings. The van der Waals surface area contributed by atoms with E-state index in [2.05, 4.69) is 4.98 Å². The molecule has 1 aromatic heterocycles. The van der Waals surface area contributed by atoms with Crippen LogP contribution in [0.25, 0.3) is 0 Å². The summed E-state index contributed by atoms with van der Waals surface area (Å²) in [5.41, 5.74) is 1.47. The highest BCUT2D eigenvalue weighted by molar-refractivity contribution is 5.92. The van der Waals surface area contributed by atoms with Gasteiger partial charge in [0.05, 0.1) is 6.42 Å². The van der Waals surface area contributed by atoms with Gasteiger partial charge in [0.2, 0.25) is 5.91 Å². The van der Waals surface area contributed by atoms with Crippen LogP contribution in [-0.4, -0.2) is 52.8 Å². The molecule has 0 unspecified atom stereocenters. The maximum atomic E-state index is 12.3. The summed E-state index contributed by atoms with van der Waals surface area (Å²) >= 11 is 0. The monoisotopic (exact) mass is 309 g/mol. The Kier molecular flexibility index (Phi) is 4.66. The number of carbonyl (C=O) groups is 2. The minimum Gasteiger partial charge on any atom is -0.339 e. The topological polar surface area (TPSA) is 53.5 Å². The van der Waals surface area contributed by atoms with Crippen LogP contribution in [0, 0.1) is 0 Å². The van der Waals surface area contributed by atoms with Crippen molar-refractivity contribution >= 4 is 11.8 Å². The molecule has 3 rings (SSSR count). The van der Waals surface area contributed by atoms with Crippen molar-refractivity contribution < 1.29 is 9.59 Å². The van der Waals surface area contributed by atoms with E-state index >= 15 is 0 Å². The summed E-state index contributed by atoms with van der Waals surface area (Å²) in [5, 5.41) is 0. The largest absolute Gasteiger partial charge is 0.339 e. The van der Waals surface area contributed by atoms with Gasteiger partial charge in [0.25, 0.3) is 5.91 Å². The Balaban J connectivity index is 1.54. The maximum Gasteiger partial charge on any atom is 0.272 e. The molecule has 2 heterocycles. The zero-order valence-electron chi connectivity index (χ0n) is 12.9. The second-order valence-electron chi connectivity index (χ2n) is 5.55. The van der Waals surface area contributed by atoms with Gasteiger partial charge in [-0.15, -0.1) is 0 Å². The molecule has 23 heavy (non-hydrogen) atoms. The Morgan fingerprint density at radius 3 is 2.17 bits per heavy atom. The standard InChI is InChI=1S/C18H19N3O2/c22-17(14-15-6-2-1-3-7-15)20-10-12-21(13-11-20)18(23)16-8-4-5-9-19-16/h1-9H,10-14H2. The molecule has 5 nitrogen and oxygen atoms in total. The molecule has 1 aromatic carbocycles. The fraction of sp³-hybridized carbons (Fsp3) is 0.278. The van der Waals surface area contributed by atoms with Gasteiger partial charge in [0.15, 0.2) is 0 Å². The predicted molar refractivity (Wildman–Crippen MR) is 86.9 cm³/mol. The molecule has 1 fully saturated rings. The number of pyridine rings is 1. The molecular weight excluding hydrogens is 290 g/mol. The second-order valence-corrected chi connectivity index (χ2v) is 5.55. The number of benzene rings is 1. The van der Waals surface area contributed by atoms with Crippen LogP contribution in [0.4, 0.5) is 0 Å². The summed E-state index contributed by atoms with van der Waals surface area (Å²) in [6.45, 7) is 2.25. The molecule has 5 heteroatoms. The van der Waals surface area contributed by atoms with Crippen LogP contribution in [0.1, 0.15) is 16.1 Å². The lowest BCUT2D eigenvalue weighted by atomic mass is 10.1. The highest BCUT2D eigenvalue weighted by Gasteiger charge is 2.25. The Labute approximate surface area is 135 Å². The molecule has 2 amide bonds. The van der Waals surface area contributed by atoms with Gasteiger partial charge in [-0.3, -0.25) is 14.6 Å². The van der Waals surface area contributed by atoms with Crippen LogP contribution in [0.5, 0.6) is 0 Å². The van der Waals surface area contributed by atoms with Crippen LogP contribution in [0.2, 0.25) is 0 Å². The average molecular weight is 309 g/mol. The Morgan fingerprint density at radius 1 is 0.870 bits per heavy atom. The third-order valence-corrected chi connectivity index (χ3v) is 4.00. The van der Waals surface area contributed by atoms with Crippen LogP contribution in [0.3, 0.4) is 0 Å². The number of amides is 2. The highest BCUT2D eigenvalue weighted by Crippen LogP contribution is 2.09. The Hall–Kier alpha value is -2.69. The fourth-order valence-electron chi connectivity index (χ4n) is 2.69. The summed E-state index contributed by atoms with van der Waals surface area (Å²) in [6, 6.07) is 15.0. The van der Waals surface area contributed by atoms with Crippen molar-refractivity contribution in [3.63, 3.8) is 0 Å². The number of hydrogen-bond acceptors (Lipinski definition) is 3. The highest BCUT2D eigenvalue weighted by atomic mass is 16.2. The minimum absolute atomic E-state index is 0.0687. The first-order valence-electron chi connectivity index (χ1n) is 7.76. The van der Waals surface area contributed by atoms with E-state index in [1.807, 2.05) is 35.2 Å². The molecule has 0 N–H and O–H groups in total. The van der Waals surface area contributed by atoms with Crippen molar-refractivity contribution in [2.45, 2.75) is 6.42 Å². The lowest BCUT2D eigenvalue weighted by Gasteiger charge is -2.34. The van der Waals surface area contributed by atoms with Crippen LogP contribution < -0.4 is 0 Å². The third kappa shape index (κ3) is 3.74. The van der Waals surface area contributed by atoms with Crippen LogP contribution in [-0.2, 0) is 11.2 Å². The summed E-state index contributed by atoms with van der Waals surface area (Å²) < 4.78 is 0. The molecule has 0 radical (unpaired) electrons. The number of hydrogen-bond donors (Lipinski definition) is 0. The third-order valence-electron chi connectivity index (χ3n) is 4.00. The van der Waals surface area contributed by atoms with E-state index in [4.69, 9.17) is 0 Å². The maximum absolute atomic E-state index is 12.3. The zero-order chi connectivity index (χ0) is 16.1. The van der Waals surface area contributed by atoms with Gasteiger partial charge in [-0.25, -0.2) is 0 Å². The van der Waals surface area contributed by atoms with Gasteiger partial charge in [0, 0.05) is 32.4 Å². The first kappa shape index (κ1) is 15.2. The summed E-state index contributed by atoms with van der Waals surface area (Å²) in [5.74, 6) is 0.0434. The van der Waals surface area contributed by atoms with E-state index in [0.29, 0.717) is 38.3 Å². The van der Waals surface area contributed by atoms with Crippen molar-refractivity contribution in [1.29, 1.82) is 0 Å². The van der Waals surface area contributed by atoms with E-state index in [9.17, 15) is 9.59 Å². The van der Waals surface area contributed by atoms with Gasteiger partial charge >= 0.3 is 0 Å². The number of nitrogens with zero attached hydrogens (tertiary/aromatic N) is 3. The first-order valence-corrected chi connectivity index (χ1v) is 7.76. The molecular formula is C18H19N3O2. The van der Waals surface area contributed by atoms with E-state index in [0.717, 1.165) is 5.56 Å². The summed E-state index contributed by atoms with van der Waals surface area (Å²) in [7, 11) is 0. The predicted octanol–water partition coefficient (Wildman–Crippen LogP) is 1.61. The fourth-order valence-corrected chi connectivity index (χ4v) is 2.69. The van der Waals surface area contributed by atoms with Gasteiger partial charge < -0.3 is 9.80 Å². The average Bonchev–Trinajstić information content (AvgIpc) is 2.63. The quantitative estimate of drug-likeness (QED) is 0.865. The van der Waals surface area contributed by atoms with E-state index in [1.54, 1.807) is 29.3 Å². The summed E-state index contributed by atoms with van der Waals surface area (Å²) in [4.78, 5) is 32.3. The minimum atomic E-state index is -0.0687. The lowest BCUT2D eigenvalue weighted by Crippen LogP contribution is -2.51. The zero-order valence-corrected chi connectivity index (χ0v) is 12.9. The van der Waals surface area contributed by atoms with Gasteiger partial charge in [-0.1, -0.05) is 36.4 Å². The van der Waals surface area contributed by atoms with Gasteiger partial charge in [-0.2, -0.15) is 0 Å². The number of carbonyl (C=O) groups excluding carboxylic acids is 2. The van der Waals surface area contributed by atoms with Crippen molar-refractivity contribution in [3.05, 3.63) is 66.0 Å². The molecule has 1 aliphatic rings. The number of rotatable bonds is 3. The van der Waals surface area contributed by atoms with E-state index in [1.165, 1.54) is 0 Å². The molecule has 0 bridgehead atoms. The van der Waals surface area contributed by atoms with Crippen molar-refractivity contribution in [1.82, 2.24) is 14.8 Å². The molecule has 118 valence electrons. The molecule has 0 saturated carbocycles. The Bertz CT molecular complexity index is 665. The smallest absolute Gasteiger partial charge is 0.272 e. The lowest BCUT2D eigenvalue weighted by molar-refractivity contribution is -0.131. The molecule has 0 aliphatic carbocycles. The SMILES string of the molecule is O=C(Cc1ccccc1)N1CCN(C(=O)c2ccccn2)CC1. The number of piperazine rings is 1. The second kappa shape index (κ2) is 7.05. The molecule has 1 aliphatic heterocycles. The van der Waals surface area contributed by atoms with Gasteiger partial charge in [0.1, 0.15) is 5.69 Å². The van der Waals surface area contributed by atoms with Crippen molar-refractivity contribution in [2.75, 3.05) is 26.2 Å². The molecule has 0 atom stereocenters. The first-order chi connectivity index (χ1) is 11.2. The normalized spacial score (nSPS) is 14.6. The molecule has 1 saturated heterocycles. The molecule has 0 spiro atoms.